The lowest BCUT2D eigenvalue weighted by atomic mass is 10.0. The summed E-state index contributed by atoms with van der Waals surface area (Å²) < 4.78 is 5.22. The molecule has 0 saturated carbocycles. The molecule has 0 bridgehead atoms. The topological polar surface area (TPSA) is 64.3 Å². The number of hydrogen-bond donors (Lipinski definition) is 2. The van der Waals surface area contributed by atoms with Crippen LogP contribution >= 0.6 is 12.2 Å². The lowest BCUT2D eigenvalue weighted by molar-refractivity contribution is -0.142. The van der Waals surface area contributed by atoms with E-state index in [-0.39, 0.29) is 11.9 Å². The van der Waals surface area contributed by atoms with Gasteiger partial charge in [-0.25, -0.2) is 0 Å². The number of nitrogens with two attached hydrogens (primary N) is 1. The van der Waals surface area contributed by atoms with E-state index in [0.29, 0.717) is 17.8 Å². The van der Waals surface area contributed by atoms with Crippen molar-refractivity contribution in [1.82, 2.24) is 5.32 Å². The zero-order valence-electron chi connectivity index (χ0n) is 10.5. The van der Waals surface area contributed by atoms with Crippen molar-refractivity contribution in [2.45, 2.75) is 51.7 Å². The predicted molar refractivity (Wildman–Crippen MR) is 69.3 cm³/mol. The van der Waals surface area contributed by atoms with Crippen LogP contribution in [0.5, 0.6) is 0 Å². The van der Waals surface area contributed by atoms with Crippen LogP contribution in [0.3, 0.4) is 0 Å². The summed E-state index contributed by atoms with van der Waals surface area (Å²) in [4.78, 5) is 12.4. The Morgan fingerprint density at radius 2 is 2.12 bits per heavy atom. The fourth-order valence-corrected chi connectivity index (χ4v) is 1.48. The van der Waals surface area contributed by atoms with Gasteiger partial charge in [-0.2, -0.15) is 0 Å². The number of nitrogens with one attached hydrogen (secondary N) is 1. The number of ether oxygens (including phenoxy) is 1. The van der Waals surface area contributed by atoms with Gasteiger partial charge in [0.05, 0.1) is 4.99 Å². The number of thiocarbonyl (C=S) groups is 1. The third-order valence-corrected chi connectivity index (χ3v) is 3.05. The zero-order chi connectivity index (χ0) is 12.8. The second-order valence-corrected chi connectivity index (χ2v) is 4.56. The first-order valence-corrected chi connectivity index (χ1v) is 5.94. The molecule has 3 N–H and O–H groups in total. The van der Waals surface area contributed by atoms with Crippen molar-refractivity contribution in [3.05, 3.63) is 0 Å². The van der Waals surface area contributed by atoms with Crippen LogP contribution in [0.15, 0.2) is 0 Å². The quantitative estimate of drug-likeness (QED) is 0.666. The minimum atomic E-state index is -0.774. The van der Waals surface area contributed by atoms with Gasteiger partial charge in [0.15, 0.2) is 0 Å². The van der Waals surface area contributed by atoms with Crippen molar-refractivity contribution in [2.24, 2.45) is 5.73 Å². The maximum absolute atomic E-state index is 12.0. The van der Waals surface area contributed by atoms with E-state index in [2.05, 4.69) is 5.32 Å². The molecular weight excluding hydrogens is 224 g/mol. The first kappa shape index (κ1) is 15.3. The highest BCUT2D eigenvalue weighted by molar-refractivity contribution is 7.80. The van der Waals surface area contributed by atoms with Crippen molar-refractivity contribution < 1.29 is 9.53 Å². The van der Waals surface area contributed by atoms with E-state index in [1.54, 1.807) is 6.92 Å². The molecule has 94 valence electrons. The molecular formula is C11H22N2O2S. The van der Waals surface area contributed by atoms with Crippen LogP contribution in [0.25, 0.3) is 0 Å². The number of carbonyl (C=O) groups is 1. The smallest absolute Gasteiger partial charge is 0.252 e. The fourth-order valence-electron chi connectivity index (χ4n) is 1.28. The van der Waals surface area contributed by atoms with Gasteiger partial charge in [0.1, 0.15) is 5.60 Å². The molecule has 0 fully saturated rings. The van der Waals surface area contributed by atoms with Crippen LogP contribution in [-0.2, 0) is 9.53 Å². The highest BCUT2D eigenvalue weighted by atomic mass is 32.1. The summed E-state index contributed by atoms with van der Waals surface area (Å²) >= 11 is 4.84. The van der Waals surface area contributed by atoms with Crippen LogP contribution in [0, 0.1) is 0 Å². The molecule has 0 rings (SSSR count). The van der Waals surface area contributed by atoms with E-state index in [0.717, 1.165) is 6.42 Å². The molecule has 0 aromatic heterocycles. The van der Waals surface area contributed by atoms with Crippen LogP contribution in [0.4, 0.5) is 0 Å². The lowest BCUT2D eigenvalue weighted by Crippen LogP contribution is -2.49. The molecule has 0 spiro atoms. The van der Waals surface area contributed by atoms with Crippen molar-refractivity contribution in [2.75, 3.05) is 7.11 Å². The molecule has 0 radical (unpaired) electrons. The van der Waals surface area contributed by atoms with Gasteiger partial charge in [0.25, 0.3) is 5.91 Å². The van der Waals surface area contributed by atoms with Gasteiger partial charge in [0, 0.05) is 19.6 Å². The Morgan fingerprint density at radius 1 is 1.56 bits per heavy atom. The SMILES string of the molecule is CCC(CC(N)=S)NC(=O)C(C)(CC)OC. The molecule has 0 heterocycles. The molecule has 0 saturated heterocycles. The summed E-state index contributed by atoms with van der Waals surface area (Å²) in [5.41, 5.74) is 4.69. The summed E-state index contributed by atoms with van der Waals surface area (Å²) in [5, 5.41) is 2.91. The van der Waals surface area contributed by atoms with E-state index in [1.807, 2.05) is 13.8 Å². The van der Waals surface area contributed by atoms with E-state index < -0.39 is 5.60 Å². The third-order valence-electron chi connectivity index (χ3n) is 2.88. The molecule has 1 amide bonds. The minimum absolute atomic E-state index is 0.00831. The second-order valence-electron chi connectivity index (χ2n) is 4.04. The maximum Gasteiger partial charge on any atom is 0.252 e. The van der Waals surface area contributed by atoms with E-state index >= 15 is 0 Å². The number of hydrogen-bond acceptors (Lipinski definition) is 3. The largest absolute Gasteiger partial charge is 0.393 e. The normalized spacial score (nSPS) is 16.2. The van der Waals surface area contributed by atoms with E-state index in [9.17, 15) is 4.79 Å². The first-order chi connectivity index (χ1) is 7.39. The summed E-state index contributed by atoms with van der Waals surface area (Å²) in [5.74, 6) is -0.111. The number of amides is 1. The summed E-state index contributed by atoms with van der Waals surface area (Å²) in [6, 6.07) is -0.00831. The highest BCUT2D eigenvalue weighted by Gasteiger charge is 2.32. The average molecular weight is 246 g/mol. The Labute approximate surface area is 103 Å². The van der Waals surface area contributed by atoms with Gasteiger partial charge in [-0.3, -0.25) is 4.79 Å². The number of rotatable bonds is 7. The fraction of sp³-hybridized carbons (Fsp3) is 0.818. The first-order valence-electron chi connectivity index (χ1n) is 5.54. The molecule has 5 heteroatoms. The second kappa shape index (κ2) is 6.81. The Balaban J connectivity index is 4.45. The minimum Gasteiger partial charge on any atom is -0.393 e. The van der Waals surface area contributed by atoms with Crippen LogP contribution < -0.4 is 11.1 Å². The van der Waals surface area contributed by atoms with Crippen LogP contribution in [-0.4, -0.2) is 29.6 Å². The Bertz CT molecular complexity index is 252. The Kier molecular flexibility index (Phi) is 6.52. The Hall–Kier alpha value is -0.680. The highest BCUT2D eigenvalue weighted by Crippen LogP contribution is 2.14. The molecule has 0 aromatic rings. The molecule has 0 aromatic carbocycles. The molecule has 4 nitrogen and oxygen atoms in total. The molecule has 0 aliphatic rings. The lowest BCUT2D eigenvalue weighted by Gasteiger charge is -2.28. The van der Waals surface area contributed by atoms with Gasteiger partial charge in [-0.1, -0.05) is 26.1 Å². The predicted octanol–water partition coefficient (Wildman–Crippen LogP) is 1.37. The van der Waals surface area contributed by atoms with Gasteiger partial charge in [-0.15, -0.1) is 0 Å². The van der Waals surface area contributed by atoms with E-state index in [1.165, 1.54) is 7.11 Å². The molecule has 0 aliphatic carbocycles. The van der Waals surface area contributed by atoms with Crippen molar-refractivity contribution in [3.63, 3.8) is 0 Å². The maximum atomic E-state index is 12.0. The molecule has 16 heavy (non-hydrogen) atoms. The van der Waals surface area contributed by atoms with Gasteiger partial charge in [-0.05, 0) is 19.8 Å². The molecule has 2 unspecified atom stereocenters. The van der Waals surface area contributed by atoms with Gasteiger partial charge < -0.3 is 15.8 Å². The van der Waals surface area contributed by atoms with E-state index in [4.69, 9.17) is 22.7 Å². The van der Waals surface area contributed by atoms with Crippen molar-refractivity contribution in [3.8, 4) is 0 Å². The van der Waals surface area contributed by atoms with Gasteiger partial charge >= 0.3 is 0 Å². The Morgan fingerprint density at radius 3 is 2.44 bits per heavy atom. The summed E-state index contributed by atoms with van der Waals surface area (Å²) in [6.07, 6.45) is 1.95. The van der Waals surface area contributed by atoms with Crippen LogP contribution in [0.2, 0.25) is 0 Å². The number of carbonyl (C=O) groups excluding carboxylic acids is 1. The summed E-state index contributed by atoms with van der Waals surface area (Å²) in [6.45, 7) is 5.67. The standard InChI is InChI=1S/C11H22N2O2S/c1-5-8(7-9(12)16)13-10(14)11(3,6-2)15-4/h8H,5-7H2,1-4H3,(H2,12,16)(H,13,14). The molecule has 0 aliphatic heterocycles. The van der Waals surface area contributed by atoms with Crippen molar-refractivity contribution >= 4 is 23.1 Å². The molecule has 2 atom stereocenters. The monoisotopic (exact) mass is 246 g/mol. The zero-order valence-corrected chi connectivity index (χ0v) is 11.3. The van der Waals surface area contributed by atoms with Gasteiger partial charge in [0.2, 0.25) is 0 Å². The van der Waals surface area contributed by atoms with Crippen molar-refractivity contribution in [1.29, 1.82) is 0 Å². The average Bonchev–Trinajstić information content (AvgIpc) is 2.26. The summed E-state index contributed by atoms with van der Waals surface area (Å²) in [7, 11) is 1.54. The third kappa shape index (κ3) is 4.45. The van der Waals surface area contributed by atoms with Crippen LogP contribution in [0.1, 0.15) is 40.0 Å². The number of methoxy groups -OCH3 is 1.